The molecule has 6 nitrogen and oxygen atoms in total. The van der Waals surface area contributed by atoms with Crippen molar-refractivity contribution in [3.8, 4) is 11.5 Å². The van der Waals surface area contributed by atoms with Crippen molar-refractivity contribution >= 4 is 33.9 Å². The third kappa shape index (κ3) is 4.96. The van der Waals surface area contributed by atoms with Crippen LogP contribution in [0.25, 0.3) is 21.5 Å². The van der Waals surface area contributed by atoms with Gasteiger partial charge in [-0.25, -0.2) is 9.59 Å². The molecular weight excluding hydrogens is 408 g/mol. The van der Waals surface area contributed by atoms with E-state index in [1.54, 1.807) is 0 Å². The van der Waals surface area contributed by atoms with Crippen molar-refractivity contribution in [1.29, 1.82) is 0 Å². The van der Waals surface area contributed by atoms with Crippen molar-refractivity contribution in [2.24, 2.45) is 0 Å². The van der Waals surface area contributed by atoms with Crippen LogP contribution in [0.3, 0.4) is 0 Å². The Morgan fingerprint density at radius 1 is 0.719 bits per heavy atom. The molecule has 0 unspecified atom stereocenters. The molecule has 0 amide bonds. The molecule has 6 heteroatoms. The number of fused-ring (bicyclic) bond motifs is 2. The molecule has 0 saturated carbocycles. The fourth-order valence-corrected chi connectivity index (χ4v) is 3.67. The van der Waals surface area contributed by atoms with Gasteiger partial charge in [-0.3, -0.25) is 0 Å². The zero-order chi connectivity index (χ0) is 23.1. The second kappa shape index (κ2) is 10.8. The smallest absolute Gasteiger partial charge is 0.434 e. The highest BCUT2D eigenvalue weighted by molar-refractivity contribution is 6.13. The van der Waals surface area contributed by atoms with E-state index in [1.807, 2.05) is 51.1 Å². The molecule has 0 aliphatic carbocycles. The van der Waals surface area contributed by atoms with E-state index in [2.05, 4.69) is 13.0 Å². The van der Waals surface area contributed by atoms with Crippen LogP contribution in [0.1, 0.15) is 51.7 Å². The Labute approximate surface area is 188 Å². The number of benzene rings is 3. The van der Waals surface area contributed by atoms with E-state index >= 15 is 0 Å². The first-order chi connectivity index (χ1) is 15.5. The molecule has 32 heavy (non-hydrogen) atoms. The van der Waals surface area contributed by atoms with E-state index in [1.165, 1.54) is 0 Å². The second-order valence-corrected chi connectivity index (χ2v) is 7.49. The Morgan fingerprint density at radius 2 is 1.28 bits per heavy atom. The Hall–Kier alpha value is -3.28. The summed E-state index contributed by atoms with van der Waals surface area (Å²) in [6.07, 6.45) is 1.41. The van der Waals surface area contributed by atoms with Crippen LogP contribution in [-0.4, -0.2) is 25.5 Å². The fraction of sp³-hybridized carbons (Fsp3) is 0.385. The Kier molecular flexibility index (Phi) is 7.92. The van der Waals surface area contributed by atoms with Crippen LogP contribution in [-0.2, 0) is 22.3 Å². The van der Waals surface area contributed by atoms with Crippen LogP contribution in [0.5, 0.6) is 11.5 Å². The minimum Gasteiger partial charge on any atom is -0.434 e. The number of aryl methyl sites for hydroxylation is 2. The standard InChI is InChI=1S/C26H30O6/c1-5-13-29-25(27)31-23-19-11-9-10-12-20(19)24(32-26(28)30-14-6-2)22-18(8-4)15-17(7-3)16-21(22)23/h9-12,15-16H,5-8,13-14H2,1-4H3. The van der Waals surface area contributed by atoms with Gasteiger partial charge in [0.15, 0.2) is 5.75 Å². The molecule has 0 N–H and O–H groups in total. The molecule has 0 spiro atoms. The van der Waals surface area contributed by atoms with Gasteiger partial charge in [0.1, 0.15) is 5.75 Å². The summed E-state index contributed by atoms with van der Waals surface area (Å²) in [6.45, 7) is 8.50. The van der Waals surface area contributed by atoms with Gasteiger partial charge in [-0.2, -0.15) is 0 Å². The van der Waals surface area contributed by atoms with Crippen molar-refractivity contribution in [1.82, 2.24) is 0 Å². The zero-order valence-electron chi connectivity index (χ0n) is 19.2. The van der Waals surface area contributed by atoms with E-state index in [-0.39, 0.29) is 13.2 Å². The largest absolute Gasteiger partial charge is 0.513 e. The topological polar surface area (TPSA) is 71.1 Å². The summed E-state index contributed by atoms with van der Waals surface area (Å²) in [7, 11) is 0. The average Bonchev–Trinajstić information content (AvgIpc) is 2.82. The SMILES string of the molecule is CCCOC(=O)Oc1c2ccccc2c(OC(=O)OCCC)c2c(CC)cc(CC)cc12. The summed E-state index contributed by atoms with van der Waals surface area (Å²) in [5.74, 6) is 0.807. The molecule has 3 rings (SSSR count). The van der Waals surface area contributed by atoms with Gasteiger partial charge >= 0.3 is 12.3 Å². The van der Waals surface area contributed by atoms with E-state index in [9.17, 15) is 9.59 Å². The third-order valence-corrected chi connectivity index (χ3v) is 5.18. The molecule has 0 atom stereocenters. The maximum atomic E-state index is 12.4. The number of hydrogen-bond donors (Lipinski definition) is 0. The van der Waals surface area contributed by atoms with Crippen molar-refractivity contribution in [2.45, 2.75) is 53.4 Å². The molecule has 3 aromatic rings. The lowest BCUT2D eigenvalue weighted by molar-refractivity contribution is 0.0984. The van der Waals surface area contributed by atoms with Gasteiger partial charge in [0.05, 0.1) is 13.2 Å². The van der Waals surface area contributed by atoms with Crippen LogP contribution in [0.15, 0.2) is 36.4 Å². The second-order valence-electron chi connectivity index (χ2n) is 7.49. The lowest BCUT2D eigenvalue weighted by Gasteiger charge is -2.19. The predicted molar refractivity (Wildman–Crippen MR) is 125 cm³/mol. The number of ether oxygens (including phenoxy) is 4. The molecule has 0 aliphatic rings. The monoisotopic (exact) mass is 438 g/mol. The highest BCUT2D eigenvalue weighted by Gasteiger charge is 2.23. The minimum absolute atomic E-state index is 0.277. The highest BCUT2D eigenvalue weighted by Crippen LogP contribution is 2.45. The van der Waals surface area contributed by atoms with Crippen LogP contribution in [0.4, 0.5) is 9.59 Å². The molecular formula is C26H30O6. The van der Waals surface area contributed by atoms with E-state index in [0.29, 0.717) is 46.9 Å². The summed E-state index contributed by atoms with van der Waals surface area (Å²) in [5, 5.41) is 2.74. The molecule has 0 fully saturated rings. The first-order valence-corrected chi connectivity index (χ1v) is 11.2. The molecule has 0 aliphatic heterocycles. The van der Waals surface area contributed by atoms with Gasteiger partial charge in [0, 0.05) is 21.5 Å². The Balaban J connectivity index is 2.31. The predicted octanol–water partition coefficient (Wildman–Crippen LogP) is 6.97. The Morgan fingerprint density at radius 3 is 1.81 bits per heavy atom. The van der Waals surface area contributed by atoms with Gasteiger partial charge in [-0.15, -0.1) is 0 Å². The maximum absolute atomic E-state index is 12.4. The summed E-state index contributed by atoms with van der Waals surface area (Å²) in [5.41, 5.74) is 2.09. The summed E-state index contributed by atoms with van der Waals surface area (Å²) in [6, 6.07) is 11.5. The lowest BCUT2D eigenvalue weighted by Crippen LogP contribution is -2.14. The molecule has 0 bridgehead atoms. The summed E-state index contributed by atoms with van der Waals surface area (Å²) in [4.78, 5) is 24.8. The summed E-state index contributed by atoms with van der Waals surface area (Å²) < 4.78 is 21.8. The fourth-order valence-electron chi connectivity index (χ4n) is 3.67. The molecule has 0 aromatic heterocycles. The quantitative estimate of drug-likeness (QED) is 0.215. The van der Waals surface area contributed by atoms with Crippen LogP contribution in [0, 0.1) is 0 Å². The van der Waals surface area contributed by atoms with E-state index in [0.717, 1.165) is 22.9 Å². The van der Waals surface area contributed by atoms with Gasteiger partial charge in [0.2, 0.25) is 0 Å². The number of carbonyl (C=O) groups is 2. The van der Waals surface area contributed by atoms with Crippen LogP contribution in [0.2, 0.25) is 0 Å². The molecule has 3 aromatic carbocycles. The average molecular weight is 439 g/mol. The van der Waals surface area contributed by atoms with Crippen molar-refractivity contribution in [2.75, 3.05) is 13.2 Å². The van der Waals surface area contributed by atoms with Crippen molar-refractivity contribution in [3.63, 3.8) is 0 Å². The Bertz CT molecular complexity index is 1120. The number of rotatable bonds is 8. The van der Waals surface area contributed by atoms with E-state index in [4.69, 9.17) is 18.9 Å². The van der Waals surface area contributed by atoms with Crippen LogP contribution >= 0.6 is 0 Å². The van der Waals surface area contributed by atoms with E-state index < -0.39 is 12.3 Å². The van der Waals surface area contributed by atoms with Gasteiger partial charge in [-0.05, 0) is 42.9 Å². The number of hydrogen-bond acceptors (Lipinski definition) is 6. The van der Waals surface area contributed by atoms with Gasteiger partial charge < -0.3 is 18.9 Å². The number of carbonyl (C=O) groups excluding carboxylic acids is 2. The lowest BCUT2D eigenvalue weighted by atomic mass is 9.93. The molecule has 0 heterocycles. The minimum atomic E-state index is -0.755. The third-order valence-electron chi connectivity index (χ3n) is 5.18. The zero-order valence-corrected chi connectivity index (χ0v) is 19.2. The normalized spacial score (nSPS) is 10.9. The maximum Gasteiger partial charge on any atom is 0.513 e. The van der Waals surface area contributed by atoms with Gasteiger partial charge in [0.25, 0.3) is 0 Å². The van der Waals surface area contributed by atoms with Crippen molar-refractivity contribution < 1.29 is 28.5 Å². The first-order valence-electron chi connectivity index (χ1n) is 11.2. The van der Waals surface area contributed by atoms with Gasteiger partial charge in [-0.1, -0.05) is 58.0 Å². The highest BCUT2D eigenvalue weighted by atomic mass is 16.7. The first kappa shape index (κ1) is 23.4. The molecule has 0 saturated heterocycles. The molecule has 170 valence electrons. The summed E-state index contributed by atoms with van der Waals surface area (Å²) >= 11 is 0. The molecule has 0 radical (unpaired) electrons. The van der Waals surface area contributed by atoms with Crippen LogP contribution < -0.4 is 9.47 Å². The van der Waals surface area contributed by atoms with Crippen molar-refractivity contribution in [3.05, 3.63) is 47.5 Å².